The van der Waals surface area contributed by atoms with Crippen LogP contribution in [0.25, 0.3) is 0 Å². The van der Waals surface area contributed by atoms with Crippen LogP contribution in [0, 0.1) is 0 Å². The summed E-state index contributed by atoms with van der Waals surface area (Å²) in [5, 5.41) is 17.8. The monoisotopic (exact) mass is 260 g/mol. The number of hydrogen-bond acceptors (Lipinski definition) is 5. The molecule has 8 heteroatoms. The van der Waals surface area contributed by atoms with E-state index in [0.29, 0.717) is 0 Å². The number of aromatic nitrogens is 2. The molecule has 1 fully saturated rings. The molecule has 0 unspecified atom stereocenters. The summed E-state index contributed by atoms with van der Waals surface area (Å²) in [7, 11) is 0. The quantitative estimate of drug-likeness (QED) is 0.623. The Bertz CT molecular complexity index is 540. The van der Waals surface area contributed by atoms with Crippen molar-refractivity contribution in [3.8, 4) is 0 Å². The summed E-state index contributed by atoms with van der Waals surface area (Å²) in [5.74, 6) is 0. The van der Waals surface area contributed by atoms with E-state index in [-0.39, 0.29) is 12.0 Å². The highest BCUT2D eigenvalue weighted by atomic mass is 19.1. The van der Waals surface area contributed by atoms with Gasteiger partial charge in [0.15, 0.2) is 0 Å². The van der Waals surface area contributed by atoms with Crippen molar-refractivity contribution >= 4 is 0 Å². The first-order chi connectivity index (χ1) is 8.56. The Morgan fingerprint density at radius 1 is 1.50 bits per heavy atom. The summed E-state index contributed by atoms with van der Waals surface area (Å²) in [4.78, 5) is 24.8. The Hall–Kier alpha value is -1.51. The topological polar surface area (TPSA) is 105 Å². The van der Waals surface area contributed by atoms with Gasteiger partial charge >= 0.3 is 5.69 Å². The molecule has 0 aliphatic carbocycles. The van der Waals surface area contributed by atoms with Crippen molar-refractivity contribution in [2.24, 2.45) is 0 Å². The number of H-pyrrole nitrogens is 1. The molecule has 3 N–H and O–H groups in total. The van der Waals surface area contributed by atoms with E-state index in [4.69, 9.17) is 14.9 Å². The molecule has 0 bridgehead atoms. The first kappa shape index (κ1) is 12.9. The van der Waals surface area contributed by atoms with E-state index in [0.717, 1.165) is 10.8 Å². The van der Waals surface area contributed by atoms with Crippen LogP contribution in [-0.4, -0.2) is 38.6 Å². The molecule has 1 aliphatic rings. The third kappa shape index (κ3) is 2.22. The summed E-state index contributed by atoms with van der Waals surface area (Å²) in [6.07, 6.45) is -2.21. The molecular formula is C10H13FN2O5. The lowest BCUT2D eigenvalue weighted by atomic mass is 10.2. The molecule has 100 valence electrons. The fraction of sp³-hybridized carbons (Fsp3) is 0.600. The number of rotatable bonds is 3. The minimum atomic E-state index is -1.38. The number of nitrogens with one attached hydrogen (secondary N) is 1. The normalized spacial score (nSPS) is 27.6. The van der Waals surface area contributed by atoms with Crippen molar-refractivity contribution in [1.29, 1.82) is 0 Å². The fourth-order valence-corrected chi connectivity index (χ4v) is 1.88. The average molecular weight is 260 g/mol. The van der Waals surface area contributed by atoms with Gasteiger partial charge in [-0.2, -0.15) is 0 Å². The summed E-state index contributed by atoms with van der Waals surface area (Å²) < 4.78 is 19.6. The van der Waals surface area contributed by atoms with Crippen LogP contribution in [0.4, 0.5) is 4.39 Å². The van der Waals surface area contributed by atoms with Crippen LogP contribution in [-0.2, 0) is 11.3 Å². The standard InChI is InChI=1S/C10H13FN2O5/c11-6-1-8(18-7(6)4-15)13-2-5(3-14)9(16)12-10(13)17/h2,6-8,14-15H,1,3-4H2,(H,12,16,17)/t6-,7+,8+/m0/s1. The lowest BCUT2D eigenvalue weighted by molar-refractivity contribution is -0.0357. The molecule has 0 amide bonds. The van der Waals surface area contributed by atoms with E-state index in [1.165, 1.54) is 0 Å². The van der Waals surface area contributed by atoms with E-state index in [9.17, 15) is 14.0 Å². The number of alkyl halides is 1. The number of halogens is 1. The molecule has 0 radical (unpaired) electrons. The van der Waals surface area contributed by atoms with Crippen LogP contribution in [0.15, 0.2) is 15.8 Å². The predicted octanol–water partition coefficient (Wildman–Crippen LogP) is -1.35. The van der Waals surface area contributed by atoms with Crippen LogP contribution in [0.1, 0.15) is 18.2 Å². The van der Waals surface area contributed by atoms with Gasteiger partial charge in [0.2, 0.25) is 0 Å². The average Bonchev–Trinajstić information content (AvgIpc) is 2.70. The molecule has 1 aromatic rings. The number of aromatic amines is 1. The Morgan fingerprint density at radius 3 is 2.78 bits per heavy atom. The van der Waals surface area contributed by atoms with E-state index in [1.54, 1.807) is 0 Å². The van der Waals surface area contributed by atoms with Gasteiger partial charge in [0.25, 0.3) is 5.56 Å². The largest absolute Gasteiger partial charge is 0.394 e. The molecule has 2 rings (SSSR count). The molecule has 1 aromatic heterocycles. The van der Waals surface area contributed by atoms with Gasteiger partial charge in [-0.25, -0.2) is 9.18 Å². The number of ether oxygens (including phenoxy) is 1. The first-order valence-corrected chi connectivity index (χ1v) is 5.42. The fourth-order valence-electron chi connectivity index (χ4n) is 1.88. The highest BCUT2D eigenvalue weighted by Gasteiger charge is 2.36. The zero-order valence-electron chi connectivity index (χ0n) is 9.38. The summed E-state index contributed by atoms with van der Waals surface area (Å²) in [6.45, 7) is -1.02. The molecule has 18 heavy (non-hydrogen) atoms. The Morgan fingerprint density at radius 2 is 2.22 bits per heavy atom. The second-order valence-electron chi connectivity index (χ2n) is 4.04. The maximum absolute atomic E-state index is 13.4. The zero-order valence-corrected chi connectivity index (χ0v) is 9.38. The van der Waals surface area contributed by atoms with Crippen molar-refractivity contribution in [2.75, 3.05) is 6.61 Å². The van der Waals surface area contributed by atoms with Gasteiger partial charge in [-0.15, -0.1) is 0 Å². The van der Waals surface area contributed by atoms with Gasteiger partial charge in [0.05, 0.1) is 18.8 Å². The van der Waals surface area contributed by atoms with Gasteiger partial charge in [-0.3, -0.25) is 14.3 Å². The van der Waals surface area contributed by atoms with Gasteiger partial charge in [-0.1, -0.05) is 0 Å². The number of nitrogens with zero attached hydrogens (tertiary/aromatic N) is 1. The van der Waals surface area contributed by atoms with Crippen molar-refractivity contribution in [3.05, 3.63) is 32.6 Å². The summed E-state index contributed by atoms with van der Waals surface area (Å²) >= 11 is 0. The molecule has 1 saturated heterocycles. The molecule has 7 nitrogen and oxygen atoms in total. The van der Waals surface area contributed by atoms with Crippen LogP contribution >= 0.6 is 0 Å². The van der Waals surface area contributed by atoms with Gasteiger partial charge < -0.3 is 14.9 Å². The lowest BCUT2D eigenvalue weighted by Gasteiger charge is -2.14. The minimum Gasteiger partial charge on any atom is -0.394 e. The Balaban J connectivity index is 2.35. The minimum absolute atomic E-state index is 0.0129. The van der Waals surface area contributed by atoms with Crippen molar-refractivity contribution in [3.63, 3.8) is 0 Å². The first-order valence-electron chi connectivity index (χ1n) is 5.42. The SMILES string of the molecule is O=c1[nH]c(=O)n([C@H]2C[C@H](F)[C@@H](CO)O2)cc1CO. The molecule has 2 heterocycles. The maximum Gasteiger partial charge on any atom is 0.330 e. The van der Waals surface area contributed by atoms with Crippen LogP contribution in [0.3, 0.4) is 0 Å². The maximum atomic E-state index is 13.4. The van der Waals surface area contributed by atoms with E-state index >= 15 is 0 Å². The number of hydrogen-bond donors (Lipinski definition) is 3. The van der Waals surface area contributed by atoms with Crippen LogP contribution in [0.2, 0.25) is 0 Å². The Labute approximate surface area is 100 Å². The smallest absolute Gasteiger partial charge is 0.330 e. The molecule has 3 atom stereocenters. The molecule has 0 aromatic carbocycles. The zero-order chi connectivity index (χ0) is 13.3. The highest BCUT2D eigenvalue weighted by molar-refractivity contribution is 5.03. The van der Waals surface area contributed by atoms with E-state index < -0.39 is 43.0 Å². The van der Waals surface area contributed by atoms with Crippen molar-refractivity contribution in [2.45, 2.75) is 31.5 Å². The van der Waals surface area contributed by atoms with Crippen LogP contribution < -0.4 is 11.2 Å². The highest BCUT2D eigenvalue weighted by Crippen LogP contribution is 2.29. The summed E-state index contributed by atoms with van der Waals surface area (Å²) in [5.41, 5.74) is -1.44. The molecule has 0 saturated carbocycles. The Kier molecular flexibility index (Phi) is 3.60. The molecular weight excluding hydrogens is 247 g/mol. The van der Waals surface area contributed by atoms with E-state index in [1.807, 2.05) is 4.98 Å². The molecule has 1 aliphatic heterocycles. The second kappa shape index (κ2) is 5.01. The molecule has 0 spiro atoms. The van der Waals surface area contributed by atoms with Crippen molar-refractivity contribution in [1.82, 2.24) is 9.55 Å². The van der Waals surface area contributed by atoms with Gasteiger partial charge in [0, 0.05) is 12.6 Å². The van der Waals surface area contributed by atoms with Crippen molar-refractivity contribution < 1.29 is 19.3 Å². The second-order valence-corrected chi connectivity index (χ2v) is 4.04. The van der Waals surface area contributed by atoms with Gasteiger partial charge in [0.1, 0.15) is 18.5 Å². The third-order valence-electron chi connectivity index (χ3n) is 2.86. The van der Waals surface area contributed by atoms with E-state index in [2.05, 4.69) is 0 Å². The third-order valence-corrected chi connectivity index (χ3v) is 2.86. The number of aliphatic hydroxyl groups excluding tert-OH is 2. The number of aliphatic hydroxyl groups is 2. The van der Waals surface area contributed by atoms with Crippen LogP contribution in [0.5, 0.6) is 0 Å². The predicted molar refractivity (Wildman–Crippen MR) is 57.8 cm³/mol. The van der Waals surface area contributed by atoms with Gasteiger partial charge in [-0.05, 0) is 0 Å². The summed E-state index contributed by atoms with van der Waals surface area (Å²) in [6, 6.07) is 0. The lowest BCUT2D eigenvalue weighted by Crippen LogP contribution is -2.34.